The van der Waals surface area contributed by atoms with Crippen LogP contribution in [0.5, 0.6) is 0 Å². The summed E-state index contributed by atoms with van der Waals surface area (Å²) in [6.07, 6.45) is 1.66. The fourth-order valence-corrected chi connectivity index (χ4v) is 2.22. The molecule has 0 spiro atoms. The molecule has 0 unspecified atom stereocenters. The minimum Gasteiger partial charge on any atom is -0.477 e. The van der Waals surface area contributed by atoms with Crippen LogP contribution in [-0.4, -0.2) is 16.1 Å². The average molecular weight is 258 g/mol. The lowest BCUT2D eigenvalue weighted by atomic mass is 10.3. The maximum Gasteiger partial charge on any atom is 0.345 e. The Hall–Kier alpha value is -0.940. The van der Waals surface area contributed by atoms with Gasteiger partial charge in [0.05, 0.1) is 4.70 Å². The summed E-state index contributed by atoms with van der Waals surface area (Å²) in [5, 5.41) is 9.64. The number of fused-ring (bicyclic) bond motifs is 1. The monoisotopic (exact) mass is 257 g/mol. The molecule has 0 amide bonds. The van der Waals surface area contributed by atoms with Crippen molar-refractivity contribution < 1.29 is 9.90 Å². The SMILES string of the molecule is O=C(O)c1cc2cc(Br)ncc2s1. The summed E-state index contributed by atoms with van der Waals surface area (Å²) in [5.74, 6) is -0.891. The van der Waals surface area contributed by atoms with Gasteiger partial charge in [-0.3, -0.25) is 0 Å². The largest absolute Gasteiger partial charge is 0.477 e. The van der Waals surface area contributed by atoms with Crippen LogP contribution >= 0.6 is 27.3 Å². The van der Waals surface area contributed by atoms with E-state index in [1.165, 1.54) is 11.3 Å². The molecule has 2 rings (SSSR count). The Kier molecular flexibility index (Phi) is 2.05. The van der Waals surface area contributed by atoms with Crippen molar-refractivity contribution in [1.29, 1.82) is 0 Å². The number of carboxylic acids is 1. The lowest BCUT2D eigenvalue weighted by Crippen LogP contribution is -1.89. The van der Waals surface area contributed by atoms with Gasteiger partial charge in [0.25, 0.3) is 0 Å². The van der Waals surface area contributed by atoms with E-state index in [-0.39, 0.29) is 0 Å². The number of aromatic nitrogens is 1. The highest BCUT2D eigenvalue weighted by atomic mass is 79.9. The molecule has 0 saturated carbocycles. The van der Waals surface area contributed by atoms with Crippen LogP contribution in [0.4, 0.5) is 0 Å². The number of hydrogen-bond donors (Lipinski definition) is 1. The maximum absolute atomic E-state index is 10.6. The predicted molar refractivity (Wildman–Crippen MR) is 54.3 cm³/mol. The number of hydrogen-bond acceptors (Lipinski definition) is 3. The number of thiophene rings is 1. The lowest BCUT2D eigenvalue weighted by Gasteiger charge is -1.87. The number of nitrogens with zero attached hydrogens (tertiary/aromatic N) is 1. The van der Waals surface area contributed by atoms with Crippen molar-refractivity contribution >= 4 is 43.3 Å². The summed E-state index contributed by atoms with van der Waals surface area (Å²) in [6, 6.07) is 3.45. The molecule has 13 heavy (non-hydrogen) atoms. The van der Waals surface area contributed by atoms with E-state index >= 15 is 0 Å². The van der Waals surface area contributed by atoms with Gasteiger partial charge < -0.3 is 5.11 Å². The van der Waals surface area contributed by atoms with E-state index < -0.39 is 5.97 Å². The number of carboxylic acid groups (broad SMARTS) is 1. The zero-order valence-corrected chi connectivity index (χ0v) is 8.72. The van der Waals surface area contributed by atoms with E-state index in [2.05, 4.69) is 20.9 Å². The van der Waals surface area contributed by atoms with E-state index in [1.54, 1.807) is 18.3 Å². The summed E-state index contributed by atoms with van der Waals surface area (Å²) in [5.41, 5.74) is 0. The number of rotatable bonds is 1. The molecule has 2 aromatic rings. The number of halogens is 1. The number of aromatic carboxylic acids is 1. The zero-order valence-electron chi connectivity index (χ0n) is 6.32. The third-order valence-corrected chi connectivity index (χ3v) is 3.09. The first-order valence-corrected chi connectivity index (χ1v) is 5.06. The Labute approximate surface area is 86.2 Å². The van der Waals surface area contributed by atoms with Crippen molar-refractivity contribution in [3.05, 3.63) is 27.8 Å². The molecule has 2 heterocycles. The van der Waals surface area contributed by atoms with Crippen LogP contribution in [0.15, 0.2) is 22.9 Å². The van der Waals surface area contributed by atoms with Crippen molar-refractivity contribution in [1.82, 2.24) is 4.98 Å². The highest BCUT2D eigenvalue weighted by Crippen LogP contribution is 2.26. The van der Waals surface area contributed by atoms with E-state index in [9.17, 15) is 4.79 Å². The fraction of sp³-hybridized carbons (Fsp3) is 0. The first kappa shape index (κ1) is 8.65. The molecule has 0 radical (unpaired) electrons. The molecule has 0 fully saturated rings. The molecule has 2 aromatic heterocycles. The number of pyridine rings is 1. The molecule has 0 aromatic carbocycles. The first-order valence-electron chi connectivity index (χ1n) is 3.45. The molecular weight excluding hydrogens is 254 g/mol. The third kappa shape index (κ3) is 1.57. The average Bonchev–Trinajstić information content (AvgIpc) is 2.46. The van der Waals surface area contributed by atoms with Gasteiger partial charge in [-0.2, -0.15) is 0 Å². The second kappa shape index (κ2) is 3.08. The summed E-state index contributed by atoms with van der Waals surface area (Å²) in [6.45, 7) is 0. The van der Waals surface area contributed by atoms with Crippen molar-refractivity contribution in [2.75, 3.05) is 0 Å². The van der Waals surface area contributed by atoms with Crippen molar-refractivity contribution in [2.45, 2.75) is 0 Å². The molecule has 3 nitrogen and oxygen atoms in total. The lowest BCUT2D eigenvalue weighted by molar-refractivity contribution is 0.0702. The summed E-state index contributed by atoms with van der Waals surface area (Å²) in [4.78, 5) is 15.0. The quantitative estimate of drug-likeness (QED) is 0.800. The van der Waals surface area contributed by atoms with Crippen LogP contribution < -0.4 is 0 Å². The van der Waals surface area contributed by atoms with Gasteiger partial charge in [-0.05, 0) is 33.4 Å². The molecule has 0 atom stereocenters. The number of carbonyl (C=O) groups is 1. The summed E-state index contributed by atoms with van der Waals surface area (Å²) < 4.78 is 1.61. The summed E-state index contributed by atoms with van der Waals surface area (Å²) >= 11 is 4.46. The van der Waals surface area contributed by atoms with Gasteiger partial charge in [0.15, 0.2) is 0 Å². The van der Waals surface area contributed by atoms with Crippen LogP contribution in [0.3, 0.4) is 0 Å². The Morgan fingerprint density at radius 3 is 3.00 bits per heavy atom. The van der Waals surface area contributed by atoms with E-state index in [4.69, 9.17) is 5.11 Å². The van der Waals surface area contributed by atoms with E-state index in [1.807, 2.05) is 0 Å². The standard InChI is InChI=1S/C8H4BrNO2S/c9-7-2-4-1-5(8(11)12)13-6(4)3-10-7/h1-3H,(H,11,12). The van der Waals surface area contributed by atoms with Gasteiger partial charge in [0.1, 0.15) is 9.48 Å². The van der Waals surface area contributed by atoms with Gasteiger partial charge in [-0.15, -0.1) is 11.3 Å². The Balaban J connectivity index is 2.68. The minimum atomic E-state index is -0.891. The fourth-order valence-electron chi connectivity index (χ4n) is 1.02. The highest BCUT2D eigenvalue weighted by Gasteiger charge is 2.08. The molecule has 5 heteroatoms. The molecule has 0 saturated heterocycles. The molecule has 0 aliphatic rings. The molecule has 1 N–H and O–H groups in total. The van der Waals surface area contributed by atoms with Crippen LogP contribution in [0.1, 0.15) is 9.67 Å². The Morgan fingerprint density at radius 2 is 2.31 bits per heavy atom. The Morgan fingerprint density at radius 1 is 1.54 bits per heavy atom. The van der Waals surface area contributed by atoms with Gasteiger partial charge in [0, 0.05) is 6.20 Å². The van der Waals surface area contributed by atoms with Gasteiger partial charge >= 0.3 is 5.97 Å². The van der Waals surface area contributed by atoms with Gasteiger partial charge in [-0.1, -0.05) is 0 Å². The smallest absolute Gasteiger partial charge is 0.345 e. The van der Waals surface area contributed by atoms with E-state index in [0.29, 0.717) is 4.88 Å². The normalized spacial score (nSPS) is 10.5. The van der Waals surface area contributed by atoms with Gasteiger partial charge in [0.2, 0.25) is 0 Å². The highest BCUT2D eigenvalue weighted by molar-refractivity contribution is 9.10. The van der Waals surface area contributed by atoms with Crippen LogP contribution in [0.2, 0.25) is 0 Å². The Bertz CT molecular complexity index is 480. The second-order valence-corrected chi connectivity index (χ2v) is 4.36. The topological polar surface area (TPSA) is 50.2 Å². The maximum atomic E-state index is 10.6. The van der Waals surface area contributed by atoms with Crippen LogP contribution in [0, 0.1) is 0 Å². The predicted octanol–water partition coefficient (Wildman–Crippen LogP) is 2.76. The molecule has 66 valence electrons. The van der Waals surface area contributed by atoms with Gasteiger partial charge in [-0.25, -0.2) is 9.78 Å². The van der Waals surface area contributed by atoms with E-state index in [0.717, 1.165) is 14.7 Å². The van der Waals surface area contributed by atoms with Crippen molar-refractivity contribution in [3.8, 4) is 0 Å². The molecule has 0 aliphatic heterocycles. The summed E-state index contributed by atoms with van der Waals surface area (Å²) in [7, 11) is 0. The zero-order chi connectivity index (χ0) is 9.42. The second-order valence-electron chi connectivity index (χ2n) is 2.46. The minimum absolute atomic E-state index is 0.343. The first-order chi connectivity index (χ1) is 6.16. The van der Waals surface area contributed by atoms with Crippen LogP contribution in [-0.2, 0) is 0 Å². The van der Waals surface area contributed by atoms with Crippen LogP contribution in [0.25, 0.3) is 10.1 Å². The molecular formula is C8H4BrNO2S. The molecule has 0 bridgehead atoms. The molecule has 0 aliphatic carbocycles. The van der Waals surface area contributed by atoms with Crippen molar-refractivity contribution in [3.63, 3.8) is 0 Å². The third-order valence-electron chi connectivity index (χ3n) is 1.58. The van der Waals surface area contributed by atoms with Crippen molar-refractivity contribution in [2.24, 2.45) is 0 Å².